The Morgan fingerprint density at radius 3 is 3.12 bits per heavy atom. The zero-order chi connectivity index (χ0) is 5.82. The van der Waals surface area contributed by atoms with Crippen molar-refractivity contribution >= 4 is 0 Å². The lowest BCUT2D eigenvalue weighted by Crippen LogP contribution is -2.14. The number of likely N-dealkylation sites (tertiary alicyclic amines) is 1. The summed E-state index contributed by atoms with van der Waals surface area (Å²) in [5.74, 6) is 0. The lowest BCUT2D eigenvalue weighted by atomic mass is 10.4. The third-order valence-corrected chi connectivity index (χ3v) is 1.40. The standard InChI is InChI=1S/C7H12N/c1-2-5-8-6-3-4-7-8/h2,6H,1,3-5,7H2. The quantitative estimate of drug-likeness (QED) is 0.486. The number of rotatable bonds is 2. The van der Waals surface area contributed by atoms with E-state index < -0.39 is 0 Å². The lowest BCUT2D eigenvalue weighted by molar-refractivity contribution is 0.429. The Morgan fingerprint density at radius 2 is 2.62 bits per heavy atom. The predicted octanol–water partition coefficient (Wildman–Crippen LogP) is 1.43. The van der Waals surface area contributed by atoms with Gasteiger partial charge in [0.05, 0.1) is 0 Å². The molecule has 0 unspecified atom stereocenters. The van der Waals surface area contributed by atoms with Crippen LogP contribution in [0.25, 0.3) is 0 Å². The van der Waals surface area contributed by atoms with Gasteiger partial charge in [0.1, 0.15) is 0 Å². The minimum Gasteiger partial charge on any atom is -0.295 e. The Morgan fingerprint density at radius 1 is 1.75 bits per heavy atom. The van der Waals surface area contributed by atoms with Gasteiger partial charge in [-0.2, -0.15) is 0 Å². The summed E-state index contributed by atoms with van der Waals surface area (Å²) in [4.78, 5) is 2.30. The summed E-state index contributed by atoms with van der Waals surface area (Å²) in [5.41, 5.74) is 0. The fraction of sp³-hybridized carbons (Fsp3) is 0.571. The molecule has 1 rings (SSSR count). The van der Waals surface area contributed by atoms with Crippen molar-refractivity contribution in [3.63, 3.8) is 0 Å². The summed E-state index contributed by atoms with van der Waals surface area (Å²) in [7, 11) is 0. The van der Waals surface area contributed by atoms with E-state index in [1.54, 1.807) is 0 Å². The highest BCUT2D eigenvalue weighted by atomic mass is 15.1. The zero-order valence-corrected chi connectivity index (χ0v) is 5.14. The van der Waals surface area contributed by atoms with Gasteiger partial charge in [0, 0.05) is 13.1 Å². The summed E-state index contributed by atoms with van der Waals surface area (Å²) in [6.07, 6.45) is 4.53. The van der Waals surface area contributed by atoms with E-state index in [9.17, 15) is 0 Å². The van der Waals surface area contributed by atoms with Crippen LogP contribution in [0.5, 0.6) is 0 Å². The van der Waals surface area contributed by atoms with Gasteiger partial charge in [0.2, 0.25) is 0 Å². The van der Waals surface area contributed by atoms with Gasteiger partial charge in [-0.25, -0.2) is 0 Å². The van der Waals surface area contributed by atoms with Crippen LogP contribution in [0, 0.1) is 6.54 Å². The van der Waals surface area contributed by atoms with Gasteiger partial charge >= 0.3 is 0 Å². The average Bonchev–Trinajstić information content (AvgIpc) is 2.19. The Labute approximate surface area is 51.0 Å². The first-order valence-corrected chi connectivity index (χ1v) is 3.12. The van der Waals surface area contributed by atoms with E-state index in [1.165, 1.54) is 19.4 Å². The molecule has 45 valence electrons. The van der Waals surface area contributed by atoms with E-state index in [1.807, 2.05) is 6.08 Å². The van der Waals surface area contributed by atoms with Crippen LogP contribution in [0.3, 0.4) is 0 Å². The second-order valence-corrected chi connectivity index (χ2v) is 2.11. The maximum Gasteiger partial charge on any atom is 0.0255 e. The van der Waals surface area contributed by atoms with Crippen LogP contribution in [0.4, 0.5) is 0 Å². The van der Waals surface area contributed by atoms with E-state index in [0.29, 0.717) is 0 Å². The molecule has 1 radical (unpaired) electrons. The van der Waals surface area contributed by atoms with Gasteiger partial charge in [-0.05, 0) is 19.4 Å². The molecule has 0 N–H and O–H groups in total. The van der Waals surface area contributed by atoms with Crippen LogP contribution >= 0.6 is 0 Å². The molecule has 1 nitrogen and oxygen atoms in total. The van der Waals surface area contributed by atoms with Crippen molar-refractivity contribution in [2.45, 2.75) is 12.8 Å². The SMILES string of the molecule is C=CCN1[CH]CCC1. The first-order chi connectivity index (χ1) is 3.93. The van der Waals surface area contributed by atoms with Crippen molar-refractivity contribution in [3.8, 4) is 0 Å². The predicted molar refractivity (Wildman–Crippen MR) is 35.3 cm³/mol. The molecule has 0 atom stereocenters. The number of hydrogen-bond acceptors (Lipinski definition) is 1. The van der Waals surface area contributed by atoms with Crippen LogP contribution in [0.2, 0.25) is 0 Å². The van der Waals surface area contributed by atoms with E-state index in [2.05, 4.69) is 18.0 Å². The van der Waals surface area contributed by atoms with Crippen LogP contribution in [0.15, 0.2) is 12.7 Å². The fourth-order valence-electron chi connectivity index (χ4n) is 0.991. The minimum atomic E-state index is 1.03. The van der Waals surface area contributed by atoms with Gasteiger partial charge < -0.3 is 0 Å². The van der Waals surface area contributed by atoms with E-state index in [0.717, 1.165) is 6.54 Å². The van der Waals surface area contributed by atoms with E-state index in [4.69, 9.17) is 0 Å². The van der Waals surface area contributed by atoms with Crippen LogP contribution in [-0.4, -0.2) is 18.0 Å². The summed E-state index contributed by atoms with van der Waals surface area (Å²) in [5, 5.41) is 0. The lowest BCUT2D eigenvalue weighted by Gasteiger charge is -2.08. The monoisotopic (exact) mass is 110 g/mol. The Kier molecular flexibility index (Phi) is 2.10. The van der Waals surface area contributed by atoms with Crippen LogP contribution in [0.1, 0.15) is 12.8 Å². The van der Waals surface area contributed by atoms with Crippen LogP contribution in [-0.2, 0) is 0 Å². The molecule has 0 spiro atoms. The topological polar surface area (TPSA) is 3.24 Å². The molecule has 0 bridgehead atoms. The van der Waals surface area contributed by atoms with E-state index >= 15 is 0 Å². The fourth-order valence-corrected chi connectivity index (χ4v) is 0.991. The summed E-state index contributed by atoms with van der Waals surface area (Å²) in [6, 6.07) is 0. The Bertz CT molecular complexity index is 72.5. The maximum atomic E-state index is 3.66. The molecule has 0 saturated carbocycles. The van der Waals surface area contributed by atoms with Crippen molar-refractivity contribution in [3.05, 3.63) is 19.2 Å². The smallest absolute Gasteiger partial charge is 0.0255 e. The largest absolute Gasteiger partial charge is 0.295 e. The molecule has 1 aliphatic heterocycles. The molecule has 8 heavy (non-hydrogen) atoms. The molecule has 1 heterocycles. The van der Waals surface area contributed by atoms with Gasteiger partial charge in [-0.1, -0.05) is 6.08 Å². The van der Waals surface area contributed by atoms with Crippen LogP contribution < -0.4 is 0 Å². The average molecular weight is 110 g/mol. The molecule has 0 aromatic carbocycles. The molecule has 1 heteroatoms. The van der Waals surface area contributed by atoms with Crippen molar-refractivity contribution in [1.29, 1.82) is 0 Å². The molecule has 0 aliphatic carbocycles. The second-order valence-electron chi connectivity index (χ2n) is 2.11. The first kappa shape index (κ1) is 5.83. The third-order valence-electron chi connectivity index (χ3n) is 1.40. The van der Waals surface area contributed by atoms with Gasteiger partial charge in [-0.15, -0.1) is 6.58 Å². The molecule has 0 amide bonds. The molecule has 0 aromatic rings. The zero-order valence-electron chi connectivity index (χ0n) is 5.14. The molecule has 1 aliphatic rings. The highest BCUT2D eigenvalue weighted by Crippen LogP contribution is 2.10. The van der Waals surface area contributed by atoms with Gasteiger partial charge in [0.25, 0.3) is 0 Å². The molecule has 1 fully saturated rings. The van der Waals surface area contributed by atoms with Gasteiger partial charge in [-0.3, -0.25) is 4.90 Å². The van der Waals surface area contributed by atoms with E-state index in [-0.39, 0.29) is 0 Å². The molecule has 0 aromatic heterocycles. The highest BCUT2D eigenvalue weighted by molar-refractivity contribution is 4.82. The van der Waals surface area contributed by atoms with Gasteiger partial charge in [0.15, 0.2) is 0 Å². The third kappa shape index (κ3) is 1.34. The maximum absolute atomic E-state index is 3.66. The highest BCUT2D eigenvalue weighted by Gasteiger charge is 2.08. The second kappa shape index (κ2) is 2.88. The summed E-state index contributed by atoms with van der Waals surface area (Å²) >= 11 is 0. The van der Waals surface area contributed by atoms with Crippen molar-refractivity contribution in [2.75, 3.05) is 13.1 Å². The summed E-state index contributed by atoms with van der Waals surface area (Å²) in [6.45, 7) is 8.17. The molecular formula is C7H12N. The first-order valence-electron chi connectivity index (χ1n) is 3.12. The number of hydrogen-bond donors (Lipinski definition) is 0. The minimum absolute atomic E-state index is 1.03. The normalized spacial score (nSPS) is 21.5. The Balaban J connectivity index is 2.14. The Hall–Kier alpha value is -0.300. The molecular weight excluding hydrogens is 98.1 g/mol. The van der Waals surface area contributed by atoms with Crippen molar-refractivity contribution < 1.29 is 0 Å². The van der Waals surface area contributed by atoms with Crippen molar-refractivity contribution in [2.24, 2.45) is 0 Å². The summed E-state index contributed by atoms with van der Waals surface area (Å²) < 4.78 is 0. The molecule has 1 saturated heterocycles. The number of nitrogens with zero attached hydrogens (tertiary/aromatic N) is 1. The van der Waals surface area contributed by atoms with Crippen molar-refractivity contribution in [1.82, 2.24) is 4.90 Å².